The Balaban J connectivity index is 1.78. The third-order valence-corrected chi connectivity index (χ3v) is 6.38. The van der Waals surface area contributed by atoms with Crippen molar-refractivity contribution in [3.05, 3.63) is 27.0 Å². The zero-order valence-electron chi connectivity index (χ0n) is 18.6. The predicted molar refractivity (Wildman–Crippen MR) is 121 cm³/mol. The Labute approximate surface area is 187 Å². The normalized spacial score (nSPS) is 15.6. The Morgan fingerprint density at radius 2 is 1.94 bits per heavy atom. The molecule has 0 atom stereocenters. The molecule has 1 amide bonds. The first-order chi connectivity index (χ1) is 14.5. The highest BCUT2D eigenvalue weighted by Gasteiger charge is 2.30. The van der Waals surface area contributed by atoms with Crippen LogP contribution >= 0.6 is 11.6 Å². The molecule has 8 nitrogen and oxygen atoms in total. The first-order valence-electron chi connectivity index (χ1n) is 10.8. The van der Waals surface area contributed by atoms with Gasteiger partial charge >= 0.3 is 0 Å². The van der Waals surface area contributed by atoms with Crippen LogP contribution in [0.5, 0.6) is 0 Å². The minimum absolute atomic E-state index is 0.0327. The maximum Gasteiger partial charge on any atom is 0.262 e. The van der Waals surface area contributed by atoms with Crippen molar-refractivity contribution in [2.24, 2.45) is 11.3 Å². The zero-order chi connectivity index (χ0) is 23.2. The van der Waals surface area contributed by atoms with Gasteiger partial charge < -0.3 is 16.0 Å². The number of nitrogens with one attached hydrogen (secondary N) is 2. The van der Waals surface area contributed by atoms with E-state index in [0.717, 1.165) is 25.9 Å². The van der Waals surface area contributed by atoms with Gasteiger partial charge in [0, 0.05) is 24.8 Å². The van der Waals surface area contributed by atoms with E-state index in [0.29, 0.717) is 32.4 Å². The molecule has 1 aliphatic rings. The summed E-state index contributed by atoms with van der Waals surface area (Å²) in [4.78, 5) is 53.0. The van der Waals surface area contributed by atoms with Gasteiger partial charge in [0.1, 0.15) is 17.2 Å². The fraction of sp³-hybridized carbons (Fsp3) is 0.636. The number of aromatic amines is 1. The number of nitrogens with zero attached hydrogens (tertiary/aromatic N) is 1. The molecule has 2 rings (SSSR count). The van der Waals surface area contributed by atoms with E-state index in [2.05, 4.69) is 15.2 Å². The van der Waals surface area contributed by atoms with E-state index >= 15 is 0 Å². The van der Waals surface area contributed by atoms with E-state index in [9.17, 15) is 19.2 Å². The Bertz CT molecular complexity index is 873. The fourth-order valence-electron chi connectivity index (χ4n) is 3.55. The molecule has 0 unspecified atom stereocenters. The maximum absolute atomic E-state index is 12.7. The van der Waals surface area contributed by atoms with Gasteiger partial charge in [-0.15, -0.1) is 0 Å². The summed E-state index contributed by atoms with van der Waals surface area (Å²) in [5.41, 5.74) is 4.38. The van der Waals surface area contributed by atoms with Crippen LogP contribution < -0.4 is 16.6 Å². The summed E-state index contributed by atoms with van der Waals surface area (Å²) >= 11 is 5.89. The Kier molecular flexibility index (Phi) is 8.82. The Hall–Kier alpha value is -2.19. The average Bonchev–Trinajstić information content (AvgIpc) is 2.73. The van der Waals surface area contributed by atoms with E-state index in [4.69, 9.17) is 17.3 Å². The lowest BCUT2D eigenvalue weighted by atomic mass is 9.82. The lowest BCUT2D eigenvalue weighted by molar-refractivity contribution is -0.129. The number of aromatic nitrogens is 1. The van der Waals surface area contributed by atoms with Crippen molar-refractivity contribution < 1.29 is 14.4 Å². The summed E-state index contributed by atoms with van der Waals surface area (Å²) in [7, 11) is 0. The second-order valence-corrected chi connectivity index (χ2v) is 9.31. The number of carbonyl (C=O) groups excluding carboxylic acids is 3. The zero-order valence-corrected chi connectivity index (χ0v) is 19.3. The second kappa shape index (κ2) is 10.9. The van der Waals surface area contributed by atoms with Crippen molar-refractivity contribution in [3.8, 4) is 0 Å². The number of halogens is 1. The highest BCUT2D eigenvalue weighted by Crippen LogP contribution is 2.26. The number of ketones is 2. The van der Waals surface area contributed by atoms with Crippen LogP contribution in [0, 0.1) is 11.3 Å². The number of pyridine rings is 1. The summed E-state index contributed by atoms with van der Waals surface area (Å²) in [6.07, 6.45) is 3.23. The highest BCUT2D eigenvalue weighted by atomic mass is 35.5. The number of Topliss-reactive ketones (excluding diaryl/α,β-unsaturated/α-hetero) is 2. The summed E-state index contributed by atoms with van der Waals surface area (Å²) in [6.45, 7) is 8.03. The molecule has 1 saturated heterocycles. The molecule has 4 N–H and O–H groups in total. The smallest absolute Gasteiger partial charge is 0.262 e. The van der Waals surface area contributed by atoms with Crippen molar-refractivity contribution in [2.45, 2.75) is 52.9 Å². The Morgan fingerprint density at radius 3 is 2.55 bits per heavy atom. The monoisotopic (exact) mass is 452 g/mol. The molecular weight excluding hydrogens is 420 g/mol. The Morgan fingerprint density at radius 1 is 1.29 bits per heavy atom. The minimum atomic E-state index is -0.573. The molecule has 0 radical (unpaired) electrons. The topological polar surface area (TPSA) is 125 Å². The van der Waals surface area contributed by atoms with Crippen LogP contribution in [0.4, 0.5) is 5.82 Å². The van der Waals surface area contributed by atoms with Gasteiger partial charge in [0.15, 0.2) is 5.78 Å². The second-order valence-electron chi connectivity index (χ2n) is 8.90. The van der Waals surface area contributed by atoms with Crippen molar-refractivity contribution in [2.75, 3.05) is 31.9 Å². The molecule has 1 aliphatic heterocycles. The molecule has 0 spiro atoms. The van der Waals surface area contributed by atoms with Crippen LogP contribution in [0.1, 0.15) is 63.2 Å². The number of hydrogen-bond donors (Lipinski definition) is 3. The van der Waals surface area contributed by atoms with Gasteiger partial charge in [-0.1, -0.05) is 32.4 Å². The summed E-state index contributed by atoms with van der Waals surface area (Å²) in [6, 6.07) is 1.27. The first-order valence-corrected chi connectivity index (χ1v) is 11.1. The van der Waals surface area contributed by atoms with Crippen LogP contribution in [-0.2, 0) is 9.59 Å². The number of H-pyrrole nitrogens is 1. The molecule has 1 fully saturated rings. The lowest BCUT2D eigenvalue weighted by Crippen LogP contribution is -2.43. The van der Waals surface area contributed by atoms with E-state index in [1.54, 1.807) is 0 Å². The molecule has 1 aromatic rings. The third kappa shape index (κ3) is 7.18. The molecule has 0 saturated carbocycles. The number of amides is 1. The van der Waals surface area contributed by atoms with E-state index < -0.39 is 16.9 Å². The van der Waals surface area contributed by atoms with Gasteiger partial charge in [0.2, 0.25) is 0 Å². The average molecular weight is 453 g/mol. The number of likely N-dealkylation sites (tertiary alicyclic amines) is 1. The molecule has 1 aromatic heterocycles. The number of piperidine rings is 1. The van der Waals surface area contributed by atoms with Crippen LogP contribution in [0.2, 0.25) is 5.02 Å². The van der Waals surface area contributed by atoms with Crippen LogP contribution in [-0.4, -0.2) is 53.5 Å². The van der Waals surface area contributed by atoms with Gasteiger partial charge in [-0.3, -0.25) is 24.1 Å². The van der Waals surface area contributed by atoms with Crippen LogP contribution in [0.3, 0.4) is 0 Å². The molecule has 31 heavy (non-hydrogen) atoms. The minimum Gasteiger partial charge on any atom is -0.384 e. The summed E-state index contributed by atoms with van der Waals surface area (Å²) in [5, 5.41) is 2.92. The van der Waals surface area contributed by atoms with Crippen molar-refractivity contribution in [1.29, 1.82) is 0 Å². The number of nitrogen functional groups attached to an aromatic ring is 1. The third-order valence-electron chi connectivity index (χ3n) is 6.07. The number of hydrogen-bond acceptors (Lipinski definition) is 6. The molecule has 2 heterocycles. The van der Waals surface area contributed by atoms with Crippen LogP contribution in [0.25, 0.3) is 0 Å². The highest BCUT2D eigenvalue weighted by molar-refractivity contribution is 6.33. The maximum atomic E-state index is 12.7. The standard InChI is InChI=1S/C22H33ClN4O4/c1-4-15(28)5-8-22(2,3)18(29)13-27-9-6-14(7-10-27)12-25-20(30)16-11-17(23)19(24)26-21(16)31/h11,14H,4-10,12-13H2,1-3H3,(H,25,30)(H3,24,26,31). The van der Waals surface area contributed by atoms with E-state index in [1.807, 2.05) is 20.8 Å². The number of nitrogens with two attached hydrogens (primary N) is 1. The first kappa shape index (κ1) is 25.1. The van der Waals surface area contributed by atoms with Crippen molar-refractivity contribution in [1.82, 2.24) is 15.2 Å². The predicted octanol–water partition coefficient (Wildman–Crippen LogP) is 2.41. The number of anilines is 1. The van der Waals surface area contributed by atoms with Gasteiger partial charge in [0.25, 0.3) is 11.5 Å². The van der Waals surface area contributed by atoms with Crippen LogP contribution in [0.15, 0.2) is 10.9 Å². The van der Waals surface area contributed by atoms with Crippen molar-refractivity contribution in [3.63, 3.8) is 0 Å². The molecule has 172 valence electrons. The molecule has 0 bridgehead atoms. The van der Waals surface area contributed by atoms with E-state index in [-0.39, 0.29) is 33.9 Å². The quantitative estimate of drug-likeness (QED) is 0.500. The molecule has 0 aromatic carbocycles. The molecule has 0 aliphatic carbocycles. The van der Waals surface area contributed by atoms with E-state index in [1.165, 1.54) is 6.07 Å². The molecular formula is C22H33ClN4O4. The van der Waals surface area contributed by atoms with Gasteiger partial charge in [-0.2, -0.15) is 0 Å². The fourth-order valence-corrected chi connectivity index (χ4v) is 3.71. The number of rotatable bonds is 10. The summed E-state index contributed by atoms with van der Waals surface area (Å²) in [5.74, 6) is 0.165. The lowest BCUT2D eigenvalue weighted by Gasteiger charge is -2.33. The van der Waals surface area contributed by atoms with Gasteiger partial charge in [-0.25, -0.2) is 0 Å². The largest absolute Gasteiger partial charge is 0.384 e. The van der Waals surface area contributed by atoms with Crippen molar-refractivity contribution >= 4 is 34.9 Å². The van der Waals surface area contributed by atoms with Gasteiger partial charge in [-0.05, 0) is 44.3 Å². The number of carbonyl (C=O) groups is 3. The SMILES string of the molecule is CCC(=O)CCC(C)(C)C(=O)CN1CCC(CNC(=O)c2cc(Cl)c(N)[nH]c2=O)CC1. The molecule has 9 heteroatoms. The van der Waals surface area contributed by atoms with Gasteiger partial charge in [0.05, 0.1) is 11.6 Å². The summed E-state index contributed by atoms with van der Waals surface area (Å²) < 4.78 is 0.